The molecule has 7 nitrogen and oxygen atoms in total. The summed E-state index contributed by atoms with van der Waals surface area (Å²) >= 11 is 1.66. The third-order valence-electron chi connectivity index (χ3n) is 4.28. The van der Waals surface area contributed by atoms with E-state index in [0.717, 1.165) is 30.9 Å². The molecule has 0 saturated carbocycles. The van der Waals surface area contributed by atoms with Crippen molar-refractivity contribution in [3.63, 3.8) is 0 Å². The molecule has 8 heteroatoms. The van der Waals surface area contributed by atoms with Gasteiger partial charge >= 0.3 is 0 Å². The molecule has 0 bridgehead atoms. The van der Waals surface area contributed by atoms with Gasteiger partial charge in [-0.3, -0.25) is 4.79 Å². The van der Waals surface area contributed by atoms with E-state index < -0.39 is 0 Å². The zero-order chi connectivity index (χ0) is 16.4. The van der Waals surface area contributed by atoms with Gasteiger partial charge in [-0.05, 0) is 36.4 Å². The average Bonchev–Trinajstić information content (AvgIpc) is 3.30. The van der Waals surface area contributed by atoms with Crippen LogP contribution >= 0.6 is 11.3 Å². The number of aromatic nitrogens is 4. The Labute approximate surface area is 143 Å². The number of carbonyl (C=O) groups excluding carboxylic acids is 1. The van der Waals surface area contributed by atoms with Crippen LogP contribution in [0.25, 0.3) is 5.65 Å². The van der Waals surface area contributed by atoms with Gasteiger partial charge in [0, 0.05) is 18.0 Å². The number of rotatable bonds is 4. The predicted molar refractivity (Wildman–Crippen MR) is 91.9 cm³/mol. The van der Waals surface area contributed by atoms with Gasteiger partial charge in [0.05, 0.1) is 12.5 Å². The highest BCUT2D eigenvalue weighted by atomic mass is 32.1. The van der Waals surface area contributed by atoms with E-state index in [0.29, 0.717) is 13.1 Å². The molecule has 1 aliphatic rings. The van der Waals surface area contributed by atoms with Crippen molar-refractivity contribution in [1.29, 1.82) is 0 Å². The quantitative estimate of drug-likeness (QED) is 0.781. The first kappa shape index (κ1) is 15.1. The largest absolute Gasteiger partial charge is 0.354 e. The summed E-state index contributed by atoms with van der Waals surface area (Å²) in [7, 11) is 0. The maximum absolute atomic E-state index is 12.5. The minimum Gasteiger partial charge on any atom is -0.354 e. The van der Waals surface area contributed by atoms with Crippen LogP contribution in [-0.2, 0) is 11.3 Å². The molecule has 0 aromatic carbocycles. The third-order valence-corrected chi connectivity index (χ3v) is 5.16. The summed E-state index contributed by atoms with van der Waals surface area (Å²) < 4.78 is 1.66. The van der Waals surface area contributed by atoms with Crippen molar-refractivity contribution >= 4 is 28.7 Å². The Morgan fingerprint density at radius 1 is 1.38 bits per heavy atom. The molecular weight excluding hydrogens is 324 g/mol. The van der Waals surface area contributed by atoms with Crippen LogP contribution in [0.5, 0.6) is 0 Å². The lowest BCUT2D eigenvalue weighted by Gasteiger charge is -2.32. The molecule has 4 rings (SSSR count). The monoisotopic (exact) mass is 342 g/mol. The average molecular weight is 342 g/mol. The van der Waals surface area contributed by atoms with E-state index in [9.17, 15) is 4.79 Å². The summed E-state index contributed by atoms with van der Waals surface area (Å²) in [6.45, 7) is 2.21. The van der Waals surface area contributed by atoms with Crippen LogP contribution in [0.4, 0.5) is 5.82 Å². The van der Waals surface area contributed by atoms with E-state index in [1.165, 1.54) is 4.88 Å². The Balaban J connectivity index is 1.41. The molecule has 0 spiro atoms. The first-order chi connectivity index (χ1) is 11.8. The fourth-order valence-electron chi connectivity index (χ4n) is 3.02. The molecule has 1 N–H and O–H groups in total. The first-order valence-corrected chi connectivity index (χ1v) is 8.90. The third kappa shape index (κ3) is 3.09. The van der Waals surface area contributed by atoms with Gasteiger partial charge in [0.15, 0.2) is 5.65 Å². The van der Waals surface area contributed by atoms with Gasteiger partial charge in [0.2, 0.25) is 5.91 Å². The Morgan fingerprint density at radius 3 is 3.21 bits per heavy atom. The number of thiophene rings is 1. The summed E-state index contributed by atoms with van der Waals surface area (Å²) in [5.74, 6) is 0.980. The van der Waals surface area contributed by atoms with E-state index in [2.05, 4.69) is 25.5 Å². The highest BCUT2D eigenvalue weighted by Gasteiger charge is 2.26. The fourth-order valence-corrected chi connectivity index (χ4v) is 3.66. The molecular formula is C16H18N6OS. The fraction of sp³-hybridized carbons (Fsp3) is 0.375. The highest BCUT2D eigenvalue weighted by Crippen LogP contribution is 2.22. The zero-order valence-electron chi connectivity index (χ0n) is 13.1. The van der Waals surface area contributed by atoms with Crippen LogP contribution in [0.15, 0.2) is 36.0 Å². The molecule has 3 aromatic rings. The zero-order valence-corrected chi connectivity index (χ0v) is 13.9. The van der Waals surface area contributed by atoms with Gasteiger partial charge in [-0.2, -0.15) is 4.52 Å². The molecule has 124 valence electrons. The lowest BCUT2D eigenvalue weighted by atomic mass is 9.97. The number of carbonyl (C=O) groups is 1. The molecule has 3 aromatic heterocycles. The highest BCUT2D eigenvalue weighted by molar-refractivity contribution is 7.09. The number of nitrogens with zero attached hydrogens (tertiary/aromatic N) is 5. The Hall–Kier alpha value is -2.48. The van der Waals surface area contributed by atoms with Crippen LogP contribution in [-0.4, -0.2) is 38.8 Å². The van der Waals surface area contributed by atoms with Crippen molar-refractivity contribution in [2.45, 2.75) is 19.4 Å². The number of anilines is 1. The number of fused-ring (bicyclic) bond motifs is 1. The van der Waals surface area contributed by atoms with Crippen molar-refractivity contribution in [3.8, 4) is 0 Å². The van der Waals surface area contributed by atoms with E-state index in [4.69, 9.17) is 0 Å². The second kappa shape index (κ2) is 6.56. The van der Waals surface area contributed by atoms with Gasteiger partial charge in [-0.25, -0.2) is 0 Å². The van der Waals surface area contributed by atoms with Crippen LogP contribution in [0.3, 0.4) is 0 Å². The predicted octanol–water partition coefficient (Wildman–Crippen LogP) is 1.72. The SMILES string of the molecule is O=C(NCc1cccs1)[C@@H]1CCCN(c2ccc3nncn3n2)C1. The summed E-state index contributed by atoms with van der Waals surface area (Å²) in [5.41, 5.74) is 0.723. The van der Waals surface area contributed by atoms with Crippen molar-refractivity contribution in [2.24, 2.45) is 5.92 Å². The van der Waals surface area contributed by atoms with Crippen LogP contribution in [0, 0.1) is 5.92 Å². The van der Waals surface area contributed by atoms with Gasteiger partial charge in [0.25, 0.3) is 0 Å². The Bertz CT molecular complexity index is 830. The standard InChI is InChI=1S/C16H18N6OS/c23-16(17-9-13-4-2-8-24-13)12-3-1-7-21(10-12)15-6-5-14-19-18-11-22(14)20-15/h2,4-6,8,11-12H,1,3,7,9-10H2,(H,17,23)/t12-/m1/s1. The van der Waals surface area contributed by atoms with E-state index in [1.54, 1.807) is 22.2 Å². The smallest absolute Gasteiger partial charge is 0.225 e. The lowest BCUT2D eigenvalue weighted by Crippen LogP contribution is -2.43. The van der Waals surface area contributed by atoms with Gasteiger partial charge < -0.3 is 10.2 Å². The number of piperidine rings is 1. The number of nitrogens with one attached hydrogen (secondary N) is 1. The Kier molecular flexibility index (Phi) is 4.12. The molecule has 0 aliphatic carbocycles. The van der Waals surface area contributed by atoms with E-state index in [1.807, 2.05) is 29.6 Å². The van der Waals surface area contributed by atoms with Crippen LogP contribution < -0.4 is 10.2 Å². The molecule has 0 radical (unpaired) electrons. The van der Waals surface area contributed by atoms with Crippen molar-refractivity contribution in [3.05, 3.63) is 40.8 Å². The second-order valence-corrected chi connectivity index (χ2v) is 6.94. The molecule has 1 aliphatic heterocycles. The van der Waals surface area contributed by atoms with Gasteiger partial charge in [0.1, 0.15) is 12.1 Å². The number of hydrogen-bond acceptors (Lipinski definition) is 6. The van der Waals surface area contributed by atoms with Gasteiger partial charge in [-0.1, -0.05) is 6.07 Å². The molecule has 24 heavy (non-hydrogen) atoms. The summed E-state index contributed by atoms with van der Waals surface area (Å²) in [6.07, 6.45) is 3.49. The summed E-state index contributed by atoms with van der Waals surface area (Å²) in [5, 5.41) is 17.4. The van der Waals surface area contributed by atoms with E-state index in [-0.39, 0.29) is 11.8 Å². The summed E-state index contributed by atoms with van der Waals surface area (Å²) in [4.78, 5) is 15.8. The second-order valence-electron chi connectivity index (χ2n) is 5.91. The minimum absolute atomic E-state index is 0.00267. The van der Waals surface area contributed by atoms with Crippen molar-refractivity contribution < 1.29 is 4.79 Å². The van der Waals surface area contributed by atoms with Crippen LogP contribution in [0.1, 0.15) is 17.7 Å². The molecule has 1 fully saturated rings. The molecule has 1 amide bonds. The van der Waals surface area contributed by atoms with Crippen LogP contribution in [0.2, 0.25) is 0 Å². The van der Waals surface area contributed by atoms with E-state index >= 15 is 0 Å². The first-order valence-electron chi connectivity index (χ1n) is 8.02. The lowest BCUT2D eigenvalue weighted by molar-refractivity contribution is -0.125. The number of hydrogen-bond donors (Lipinski definition) is 1. The topological polar surface area (TPSA) is 75.4 Å². The molecule has 4 heterocycles. The number of amides is 1. The molecule has 1 atom stereocenters. The van der Waals surface area contributed by atoms with Gasteiger partial charge in [-0.15, -0.1) is 26.6 Å². The Morgan fingerprint density at radius 2 is 2.33 bits per heavy atom. The van der Waals surface area contributed by atoms with Crippen molar-refractivity contribution in [1.82, 2.24) is 25.1 Å². The maximum Gasteiger partial charge on any atom is 0.225 e. The summed E-state index contributed by atoms with van der Waals surface area (Å²) in [6, 6.07) is 7.88. The van der Waals surface area contributed by atoms with Crippen molar-refractivity contribution in [2.75, 3.05) is 18.0 Å². The molecule has 0 unspecified atom stereocenters. The normalized spacial score (nSPS) is 18.0. The minimum atomic E-state index is -0.00267. The molecule has 1 saturated heterocycles. The maximum atomic E-state index is 12.5.